The van der Waals surface area contributed by atoms with Crippen LogP contribution in [-0.2, 0) is 4.79 Å². The number of fused-ring (bicyclic) bond motifs is 1. The van der Waals surface area contributed by atoms with E-state index >= 15 is 0 Å². The number of aldehydes is 1. The van der Waals surface area contributed by atoms with Crippen LogP contribution >= 0.6 is 15.9 Å². The summed E-state index contributed by atoms with van der Waals surface area (Å²) >= 11 is 3.49. The number of carbonyl (C=O) groups excluding carboxylic acids is 1. The Morgan fingerprint density at radius 1 is 1.56 bits per heavy atom. The molecule has 0 radical (unpaired) electrons. The molecule has 16 heavy (non-hydrogen) atoms. The largest absolute Gasteiger partial charge is 0.368 e. The molecule has 2 rings (SSSR count). The lowest BCUT2D eigenvalue weighted by molar-refractivity contribution is -0.108. The molecule has 0 amide bonds. The van der Waals surface area contributed by atoms with Gasteiger partial charge in [-0.3, -0.25) is 0 Å². The van der Waals surface area contributed by atoms with Gasteiger partial charge in [0.05, 0.1) is 0 Å². The van der Waals surface area contributed by atoms with Gasteiger partial charge in [-0.25, -0.2) is 0 Å². The van der Waals surface area contributed by atoms with E-state index in [1.807, 2.05) is 0 Å². The number of hydrogen-bond acceptors (Lipinski definition) is 2. The normalized spacial score (nSPS) is 19.0. The highest BCUT2D eigenvalue weighted by Gasteiger charge is 2.29. The van der Waals surface area contributed by atoms with Gasteiger partial charge in [0.2, 0.25) is 0 Å². The van der Waals surface area contributed by atoms with Gasteiger partial charge in [0.25, 0.3) is 0 Å². The fraction of sp³-hybridized carbons (Fsp3) is 0.462. The Balaban J connectivity index is 2.40. The molecule has 3 heteroatoms. The molecule has 2 nitrogen and oxygen atoms in total. The van der Waals surface area contributed by atoms with E-state index in [-0.39, 0.29) is 0 Å². The van der Waals surface area contributed by atoms with Crippen LogP contribution in [0.3, 0.4) is 0 Å². The van der Waals surface area contributed by atoms with Crippen molar-refractivity contribution in [1.29, 1.82) is 0 Å². The number of nitrogens with zero attached hydrogens (tertiary/aromatic N) is 1. The maximum Gasteiger partial charge on any atom is 0.120 e. The smallest absolute Gasteiger partial charge is 0.120 e. The Kier molecular flexibility index (Phi) is 3.33. The maximum atomic E-state index is 10.7. The van der Waals surface area contributed by atoms with Crippen molar-refractivity contribution >= 4 is 27.9 Å². The summed E-state index contributed by atoms with van der Waals surface area (Å²) < 4.78 is 1.09. The molecule has 1 aliphatic rings. The maximum absolute atomic E-state index is 10.7. The summed E-state index contributed by atoms with van der Waals surface area (Å²) in [5, 5.41) is 0. The molecule has 86 valence electrons. The van der Waals surface area contributed by atoms with Crippen molar-refractivity contribution in [2.45, 2.75) is 32.2 Å². The number of halogens is 1. The molecule has 0 N–H and O–H groups in total. The van der Waals surface area contributed by atoms with Crippen molar-refractivity contribution < 1.29 is 4.79 Å². The van der Waals surface area contributed by atoms with Gasteiger partial charge in [0, 0.05) is 35.1 Å². The second-order valence-corrected chi connectivity index (χ2v) is 5.46. The zero-order chi connectivity index (χ0) is 11.7. The van der Waals surface area contributed by atoms with Gasteiger partial charge < -0.3 is 9.69 Å². The summed E-state index contributed by atoms with van der Waals surface area (Å²) in [4.78, 5) is 13.1. The first kappa shape index (κ1) is 11.6. The molecule has 1 atom stereocenters. The van der Waals surface area contributed by atoms with Crippen molar-refractivity contribution in [3.05, 3.63) is 28.2 Å². The first-order valence-corrected chi connectivity index (χ1v) is 6.42. The SMILES string of the molecule is CC(C)N1CC(CC=O)c2cc(Br)ccc21. The van der Waals surface area contributed by atoms with Crippen molar-refractivity contribution in [2.75, 3.05) is 11.4 Å². The van der Waals surface area contributed by atoms with Gasteiger partial charge in [-0.05, 0) is 37.6 Å². The number of anilines is 1. The van der Waals surface area contributed by atoms with E-state index in [1.54, 1.807) is 0 Å². The number of carbonyl (C=O) groups is 1. The molecule has 0 aromatic heterocycles. The van der Waals surface area contributed by atoms with Gasteiger partial charge in [0.1, 0.15) is 6.29 Å². The van der Waals surface area contributed by atoms with E-state index in [4.69, 9.17) is 0 Å². The van der Waals surface area contributed by atoms with Gasteiger partial charge in [-0.15, -0.1) is 0 Å². The second-order valence-electron chi connectivity index (χ2n) is 4.55. The molecule has 0 aliphatic carbocycles. The predicted molar refractivity (Wildman–Crippen MR) is 70.0 cm³/mol. The molecule has 1 aromatic rings. The molecule has 0 fully saturated rings. The van der Waals surface area contributed by atoms with Crippen molar-refractivity contribution in [1.82, 2.24) is 0 Å². The highest BCUT2D eigenvalue weighted by atomic mass is 79.9. The van der Waals surface area contributed by atoms with Crippen LogP contribution in [0.25, 0.3) is 0 Å². The Bertz CT molecular complexity index is 403. The van der Waals surface area contributed by atoms with Gasteiger partial charge in [-0.2, -0.15) is 0 Å². The van der Waals surface area contributed by atoms with Gasteiger partial charge >= 0.3 is 0 Å². The third kappa shape index (κ3) is 2.01. The van der Waals surface area contributed by atoms with Crippen LogP contribution in [0, 0.1) is 0 Å². The Morgan fingerprint density at radius 3 is 2.94 bits per heavy atom. The van der Waals surface area contributed by atoms with Crippen LogP contribution in [-0.4, -0.2) is 18.9 Å². The Hall–Kier alpha value is -0.830. The average molecular weight is 282 g/mol. The summed E-state index contributed by atoms with van der Waals surface area (Å²) in [6, 6.07) is 6.84. The quantitative estimate of drug-likeness (QED) is 0.792. The van der Waals surface area contributed by atoms with Crippen LogP contribution in [0.5, 0.6) is 0 Å². The minimum atomic E-state index is 0.354. The van der Waals surface area contributed by atoms with Crippen LogP contribution in [0.2, 0.25) is 0 Å². The first-order chi connectivity index (χ1) is 7.63. The predicted octanol–water partition coefficient (Wildman–Crippen LogP) is 3.35. The van der Waals surface area contributed by atoms with Crippen molar-refractivity contribution in [2.24, 2.45) is 0 Å². The topological polar surface area (TPSA) is 20.3 Å². The van der Waals surface area contributed by atoms with E-state index in [0.29, 0.717) is 18.4 Å². The molecule has 1 aliphatic heterocycles. The number of hydrogen-bond donors (Lipinski definition) is 0. The zero-order valence-electron chi connectivity index (χ0n) is 9.61. The fourth-order valence-corrected chi connectivity index (χ4v) is 2.73. The van der Waals surface area contributed by atoms with E-state index in [9.17, 15) is 4.79 Å². The third-order valence-electron chi connectivity index (χ3n) is 3.16. The Morgan fingerprint density at radius 2 is 2.31 bits per heavy atom. The first-order valence-electron chi connectivity index (χ1n) is 5.63. The molecule has 0 saturated heterocycles. The van der Waals surface area contributed by atoms with Crippen molar-refractivity contribution in [3.8, 4) is 0 Å². The van der Waals surface area contributed by atoms with Gasteiger partial charge in [-0.1, -0.05) is 15.9 Å². The molecule has 0 saturated carbocycles. The molecule has 0 spiro atoms. The van der Waals surface area contributed by atoms with E-state index in [0.717, 1.165) is 17.3 Å². The summed E-state index contributed by atoms with van der Waals surface area (Å²) in [6.07, 6.45) is 1.64. The van der Waals surface area contributed by atoms with E-state index in [2.05, 4.69) is 52.9 Å². The van der Waals surface area contributed by atoms with E-state index in [1.165, 1.54) is 11.3 Å². The number of benzene rings is 1. The monoisotopic (exact) mass is 281 g/mol. The molecular formula is C13H16BrNO. The highest BCUT2D eigenvalue weighted by molar-refractivity contribution is 9.10. The molecule has 1 heterocycles. The molecule has 1 unspecified atom stereocenters. The lowest BCUT2D eigenvalue weighted by Gasteiger charge is -2.24. The zero-order valence-corrected chi connectivity index (χ0v) is 11.2. The van der Waals surface area contributed by atoms with Crippen LogP contribution in [0.4, 0.5) is 5.69 Å². The number of rotatable bonds is 3. The minimum absolute atomic E-state index is 0.354. The standard InChI is InChI=1S/C13H16BrNO/c1-9(2)15-8-10(5-6-16)12-7-11(14)3-4-13(12)15/h3-4,6-7,9-10H,5,8H2,1-2H3. The van der Waals surface area contributed by atoms with Gasteiger partial charge in [0.15, 0.2) is 0 Å². The van der Waals surface area contributed by atoms with Crippen LogP contribution < -0.4 is 4.90 Å². The summed E-state index contributed by atoms with van der Waals surface area (Å²) in [6.45, 7) is 5.34. The average Bonchev–Trinajstić information content (AvgIpc) is 2.58. The van der Waals surface area contributed by atoms with E-state index < -0.39 is 0 Å². The van der Waals surface area contributed by atoms with Crippen LogP contribution in [0.15, 0.2) is 22.7 Å². The fourth-order valence-electron chi connectivity index (χ4n) is 2.35. The van der Waals surface area contributed by atoms with Crippen molar-refractivity contribution in [3.63, 3.8) is 0 Å². The molecule has 0 bridgehead atoms. The third-order valence-corrected chi connectivity index (χ3v) is 3.65. The molecule has 1 aromatic carbocycles. The van der Waals surface area contributed by atoms with Crippen LogP contribution in [0.1, 0.15) is 31.7 Å². The summed E-state index contributed by atoms with van der Waals surface area (Å²) in [7, 11) is 0. The second kappa shape index (κ2) is 4.58. The Labute approximate surface area is 105 Å². The lowest BCUT2D eigenvalue weighted by Crippen LogP contribution is -2.29. The molecular weight excluding hydrogens is 266 g/mol. The minimum Gasteiger partial charge on any atom is -0.368 e. The summed E-state index contributed by atoms with van der Waals surface area (Å²) in [5.41, 5.74) is 2.58. The summed E-state index contributed by atoms with van der Waals surface area (Å²) in [5.74, 6) is 0.354. The highest BCUT2D eigenvalue weighted by Crippen LogP contribution is 2.40. The lowest BCUT2D eigenvalue weighted by atomic mass is 9.99.